The summed E-state index contributed by atoms with van der Waals surface area (Å²) in [5.74, 6) is 0.595. The summed E-state index contributed by atoms with van der Waals surface area (Å²) >= 11 is 0. The van der Waals surface area contributed by atoms with E-state index in [9.17, 15) is 5.11 Å². The average Bonchev–Trinajstić information content (AvgIpc) is 2.15. The minimum atomic E-state index is -0.979. The molecule has 1 rings (SSSR count). The van der Waals surface area contributed by atoms with Gasteiger partial charge in [0.05, 0.1) is 6.61 Å². The summed E-state index contributed by atoms with van der Waals surface area (Å²) < 4.78 is 0. The number of nitrogens with zero attached hydrogens (tertiary/aromatic N) is 2. The molecule has 0 radical (unpaired) electrons. The fourth-order valence-electron chi connectivity index (χ4n) is 1.14. The lowest BCUT2D eigenvalue weighted by atomic mass is 10.1. The van der Waals surface area contributed by atoms with Gasteiger partial charge in [-0.1, -0.05) is 13.8 Å². The summed E-state index contributed by atoms with van der Waals surface area (Å²) in [5.41, 5.74) is 1.70. The molecular weight excluding hydrogens is 180 g/mol. The van der Waals surface area contributed by atoms with Crippen LogP contribution in [0.1, 0.15) is 43.1 Å². The summed E-state index contributed by atoms with van der Waals surface area (Å²) in [4.78, 5) is 8.25. The van der Waals surface area contributed by atoms with Crippen LogP contribution in [0.4, 0.5) is 0 Å². The molecule has 4 heteroatoms. The SMILES string of the molecule is Cc1cc(C(C)C)nc(C(O)CO)n1. The van der Waals surface area contributed by atoms with E-state index < -0.39 is 6.10 Å². The fourth-order valence-corrected chi connectivity index (χ4v) is 1.14. The van der Waals surface area contributed by atoms with E-state index in [2.05, 4.69) is 9.97 Å². The van der Waals surface area contributed by atoms with Crippen LogP contribution in [0.3, 0.4) is 0 Å². The van der Waals surface area contributed by atoms with E-state index in [1.54, 1.807) is 0 Å². The van der Waals surface area contributed by atoms with Gasteiger partial charge < -0.3 is 10.2 Å². The first-order valence-electron chi connectivity index (χ1n) is 4.69. The highest BCUT2D eigenvalue weighted by atomic mass is 16.3. The first kappa shape index (κ1) is 11.1. The van der Waals surface area contributed by atoms with E-state index >= 15 is 0 Å². The van der Waals surface area contributed by atoms with Crippen LogP contribution in [0.25, 0.3) is 0 Å². The van der Waals surface area contributed by atoms with Crippen LogP contribution in [0, 0.1) is 6.92 Å². The molecule has 1 aromatic heterocycles. The minimum absolute atomic E-state index is 0.293. The average molecular weight is 196 g/mol. The summed E-state index contributed by atoms with van der Waals surface area (Å²) in [6, 6.07) is 1.89. The minimum Gasteiger partial charge on any atom is -0.393 e. The van der Waals surface area contributed by atoms with E-state index in [0.29, 0.717) is 11.7 Å². The van der Waals surface area contributed by atoms with Crippen LogP contribution in [-0.2, 0) is 0 Å². The molecule has 1 atom stereocenters. The smallest absolute Gasteiger partial charge is 0.159 e. The van der Waals surface area contributed by atoms with E-state index in [1.807, 2.05) is 26.8 Å². The molecule has 14 heavy (non-hydrogen) atoms. The van der Waals surface area contributed by atoms with Crippen molar-refractivity contribution in [3.63, 3.8) is 0 Å². The molecule has 0 aliphatic carbocycles. The Morgan fingerprint density at radius 2 is 2.00 bits per heavy atom. The number of rotatable bonds is 3. The van der Waals surface area contributed by atoms with E-state index in [4.69, 9.17) is 5.11 Å². The molecule has 1 heterocycles. The van der Waals surface area contributed by atoms with Gasteiger partial charge in [0.15, 0.2) is 5.82 Å². The molecule has 0 aliphatic heterocycles. The Morgan fingerprint density at radius 1 is 1.36 bits per heavy atom. The molecule has 0 saturated heterocycles. The van der Waals surface area contributed by atoms with E-state index in [1.165, 1.54) is 0 Å². The van der Waals surface area contributed by atoms with Crippen molar-refractivity contribution in [2.75, 3.05) is 6.61 Å². The van der Waals surface area contributed by atoms with Gasteiger partial charge in [-0.15, -0.1) is 0 Å². The summed E-state index contributed by atoms with van der Waals surface area (Å²) in [6.45, 7) is 5.55. The summed E-state index contributed by atoms with van der Waals surface area (Å²) in [6.07, 6.45) is -0.979. The van der Waals surface area contributed by atoms with Crippen molar-refractivity contribution in [3.8, 4) is 0 Å². The zero-order chi connectivity index (χ0) is 10.7. The third-order valence-corrected chi connectivity index (χ3v) is 1.95. The Bertz CT molecular complexity index is 313. The molecule has 2 N–H and O–H groups in total. The highest BCUT2D eigenvalue weighted by Gasteiger charge is 2.12. The molecular formula is C10H16N2O2. The van der Waals surface area contributed by atoms with Crippen LogP contribution in [0.15, 0.2) is 6.07 Å². The van der Waals surface area contributed by atoms with E-state index in [0.717, 1.165) is 11.4 Å². The second-order valence-electron chi connectivity index (χ2n) is 3.65. The first-order valence-corrected chi connectivity index (χ1v) is 4.69. The van der Waals surface area contributed by atoms with Gasteiger partial charge in [-0.25, -0.2) is 9.97 Å². The Labute approximate surface area is 83.6 Å². The maximum Gasteiger partial charge on any atom is 0.159 e. The molecule has 0 aromatic carbocycles. The lowest BCUT2D eigenvalue weighted by molar-refractivity contribution is 0.0882. The van der Waals surface area contributed by atoms with Gasteiger partial charge in [0, 0.05) is 11.4 Å². The Morgan fingerprint density at radius 3 is 2.50 bits per heavy atom. The van der Waals surface area contributed by atoms with Gasteiger partial charge >= 0.3 is 0 Å². The van der Waals surface area contributed by atoms with Crippen molar-refractivity contribution in [1.29, 1.82) is 0 Å². The quantitative estimate of drug-likeness (QED) is 0.755. The molecule has 1 unspecified atom stereocenters. The van der Waals surface area contributed by atoms with Crippen molar-refractivity contribution < 1.29 is 10.2 Å². The summed E-state index contributed by atoms with van der Waals surface area (Å²) in [5, 5.41) is 18.2. The van der Waals surface area contributed by atoms with Gasteiger partial charge in [-0.3, -0.25) is 0 Å². The number of aliphatic hydroxyl groups excluding tert-OH is 2. The number of aryl methyl sites for hydroxylation is 1. The first-order chi connectivity index (χ1) is 6.54. The molecule has 0 bridgehead atoms. The van der Waals surface area contributed by atoms with Gasteiger partial charge in [0.1, 0.15) is 6.10 Å². The zero-order valence-electron chi connectivity index (χ0n) is 8.73. The molecule has 0 saturated carbocycles. The number of hydrogen-bond acceptors (Lipinski definition) is 4. The Balaban J connectivity index is 3.07. The molecule has 0 fully saturated rings. The van der Waals surface area contributed by atoms with Gasteiger partial charge in [-0.2, -0.15) is 0 Å². The monoisotopic (exact) mass is 196 g/mol. The number of aromatic nitrogens is 2. The standard InChI is InChI=1S/C10H16N2O2/c1-6(2)8-4-7(3)11-10(12-8)9(14)5-13/h4,6,9,13-14H,5H2,1-3H3. The third-order valence-electron chi connectivity index (χ3n) is 1.95. The van der Waals surface area contributed by atoms with Gasteiger partial charge in [0.25, 0.3) is 0 Å². The van der Waals surface area contributed by atoms with Crippen molar-refractivity contribution >= 4 is 0 Å². The zero-order valence-corrected chi connectivity index (χ0v) is 8.73. The maximum absolute atomic E-state index is 9.38. The Hall–Kier alpha value is -1.00. The molecule has 0 aliphatic rings. The Kier molecular flexibility index (Phi) is 3.55. The van der Waals surface area contributed by atoms with Crippen molar-refractivity contribution in [2.45, 2.75) is 32.8 Å². The fraction of sp³-hybridized carbons (Fsp3) is 0.600. The van der Waals surface area contributed by atoms with Crippen LogP contribution in [-0.4, -0.2) is 26.8 Å². The van der Waals surface area contributed by atoms with Crippen molar-refractivity contribution in [2.24, 2.45) is 0 Å². The van der Waals surface area contributed by atoms with Gasteiger partial charge in [0.2, 0.25) is 0 Å². The maximum atomic E-state index is 9.38. The van der Waals surface area contributed by atoms with Crippen LogP contribution in [0.2, 0.25) is 0 Å². The predicted molar refractivity (Wildman–Crippen MR) is 52.9 cm³/mol. The van der Waals surface area contributed by atoms with Crippen molar-refractivity contribution in [3.05, 3.63) is 23.3 Å². The third kappa shape index (κ3) is 2.49. The largest absolute Gasteiger partial charge is 0.393 e. The van der Waals surface area contributed by atoms with Crippen LogP contribution in [0.5, 0.6) is 0 Å². The molecule has 4 nitrogen and oxygen atoms in total. The molecule has 78 valence electrons. The molecule has 0 amide bonds. The highest BCUT2D eigenvalue weighted by Crippen LogP contribution is 2.15. The predicted octanol–water partition coefficient (Wildman–Crippen LogP) is 0.934. The lowest BCUT2D eigenvalue weighted by Crippen LogP contribution is -2.10. The highest BCUT2D eigenvalue weighted by molar-refractivity contribution is 5.14. The molecule has 0 spiro atoms. The summed E-state index contributed by atoms with van der Waals surface area (Å²) in [7, 11) is 0. The van der Waals surface area contributed by atoms with Crippen LogP contribution < -0.4 is 0 Å². The normalized spacial score (nSPS) is 13.3. The van der Waals surface area contributed by atoms with Crippen LogP contribution >= 0.6 is 0 Å². The number of hydrogen-bond donors (Lipinski definition) is 2. The van der Waals surface area contributed by atoms with Crippen molar-refractivity contribution in [1.82, 2.24) is 9.97 Å². The topological polar surface area (TPSA) is 66.2 Å². The second-order valence-corrected chi connectivity index (χ2v) is 3.65. The van der Waals surface area contributed by atoms with Gasteiger partial charge in [-0.05, 0) is 18.9 Å². The lowest BCUT2D eigenvalue weighted by Gasteiger charge is -2.10. The molecule has 1 aromatic rings. The number of aliphatic hydroxyl groups is 2. The van der Waals surface area contributed by atoms with E-state index in [-0.39, 0.29) is 6.61 Å². The second kappa shape index (κ2) is 4.48.